The Balaban J connectivity index is 0.000000752. The first kappa shape index (κ1) is 114. The van der Waals surface area contributed by atoms with Crippen LogP contribution in [-0.2, 0) is 90.9 Å². The molecule has 16 unspecified atom stereocenters. The summed E-state index contributed by atoms with van der Waals surface area (Å²) in [7, 11) is -9.44. The van der Waals surface area contributed by atoms with Crippen LogP contribution in [0.3, 0.4) is 0 Å². The third-order valence-corrected chi connectivity index (χ3v) is 22.9. The van der Waals surface area contributed by atoms with Crippen LogP contribution in [0, 0.1) is 29.6 Å². The van der Waals surface area contributed by atoms with E-state index in [0.29, 0.717) is 76.2 Å². The molecule has 37 heteroatoms. The van der Waals surface area contributed by atoms with Gasteiger partial charge in [-0.05, 0) is 138 Å². The molecule has 6 rings (SSSR count). The third-order valence-electron chi connectivity index (χ3n) is 20.6. The summed E-state index contributed by atoms with van der Waals surface area (Å²) in [6, 6.07) is 7.74. The number of aryl methyl sites for hydroxylation is 3. The Hall–Kier alpha value is -4.24. The summed E-state index contributed by atoms with van der Waals surface area (Å²) in [5, 5.41) is 112. The summed E-state index contributed by atoms with van der Waals surface area (Å²) in [4.78, 5) is 26.4. The molecule has 702 valence electrons. The number of benzene rings is 1. The standard InChI is InChI=1S/C20H32O5.C19H33N3O5.C18H33N3O5.C13H28N2O4S.C12H28N2O5S2.CH4/c1-4-16-17(21)18(22)19(23)20(25-16)24-15-11-9-14(10-12-15)8-6-5-7-13(2)3;1-12(2)8-6-4-5-7-9-14-10-20-21-22(14)11-15-16(24)17(25)18(26)19(27-15)13(3)23;1-12(2)8-6-4-5-7-9-13-10-19-20-21(13)11-14-15(22)16(23)17(24)18(25-3)26-14;1-12(2)5-8-15(10-11-20(17,18)19)9-7-14-6-4-13(3)16;1-12(2)4-7-14(9-11-21(17,18)19)8-5-13-6-10-20(3,15)16;/h9-13,16-23H,4-8H2,1-3H3;10,12,15-19,24-26H,4-9,11H2,1-3H3;10,12,14-18,22-24H,4-9,11H2,1-3H3;12,14H,4-11H2,1-3H3,(H,17,18,19);12-13H,3-11H2,1-2H3,(H,15,16)(H,17,18,19);1H4. The van der Waals surface area contributed by atoms with E-state index in [2.05, 4.69) is 106 Å². The second-order valence-electron chi connectivity index (χ2n) is 33.8. The van der Waals surface area contributed by atoms with Crippen molar-refractivity contribution in [2.24, 2.45) is 29.6 Å². The molecule has 3 aliphatic heterocycles. The van der Waals surface area contributed by atoms with Crippen LogP contribution in [0.15, 0.2) is 36.7 Å². The minimum absolute atomic E-state index is 0. The molecule has 16 atom stereocenters. The fourth-order valence-corrected chi connectivity index (χ4v) is 14.5. The third kappa shape index (κ3) is 50.2. The minimum atomic E-state index is -3.95. The van der Waals surface area contributed by atoms with E-state index in [1.165, 1.54) is 77.4 Å². The lowest BCUT2D eigenvalue weighted by atomic mass is 9.93. The molecular weight excluding hydrogens is 1620 g/mol. The molecule has 0 spiro atoms. The topological polar surface area (TPSA) is 500 Å². The number of rotatable bonds is 52. The number of aliphatic hydroxyl groups is 9. The summed E-state index contributed by atoms with van der Waals surface area (Å²) < 4.78 is 112. The van der Waals surface area contributed by atoms with Crippen molar-refractivity contribution in [1.29, 1.82) is 0 Å². The molecule has 120 heavy (non-hydrogen) atoms. The number of ether oxygens (including phenoxy) is 5. The number of hydrogen-bond acceptors (Lipinski definition) is 29. The van der Waals surface area contributed by atoms with E-state index in [9.17, 15) is 76.6 Å². The number of aliphatic hydroxyl groups excluding tert-OH is 9. The molecule has 34 nitrogen and oxygen atoms in total. The Morgan fingerprint density at radius 1 is 0.483 bits per heavy atom. The lowest BCUT2D eigenvalue weighted by Gasteiger charge is -2.40. The van der Waals surface area contributed by atoms with E-state index in [0.717, 1.165) is 100 Å². The van der Waals surface area contributed by atoms with Gasteiger partial charge in [-0.1, -0.05) is 170 Å². The molecule has 0 bridgehead atoms. The summed E-state index contributed by atoms with van der Waals surface area (Å²) in [6.45, 7) is 32.8. The molecule has 3 aromatic rings. The van der Waals surface area contributed by atoms with E-state index in [1.54, 1.807) is 28.7 Å². The zero-order valence-electron chi connectivity index (χ0n) is 73.5. The molecular formula is C83H158N10O24S3. The van der Waals surface area contributed by atoms with Crippen molar-refractivity contribution >= 4 is 47.5 Å². The summed E-state index contributed by atoms with van der Waals surface area (Å²) in [5.74, 6) is 6.36. The van der Waals surface area contributed by atoms with Gasteiger partial charge in [-0.3, -0.25) is 18.7 Å². The van der Waals surface area contributed by atoms with Crippen LogP contribution in [0.1, 0.15) is 224 Å². The van der Waals surface area contributed by atoms with Crippen LogP contribution in [0.4, 0.5) is 0 Å². The Morgan fingerprint density at radius 3 is 1.28 bits per heavy atom. The van der Waals surface area contributed by atoms with E-state index in [-0.39, 0.29) is 50.1 Å². The Morgan fingerprint density at radius 2 is 0.875 bits per heavy atom. The second kappa shape index (κ2) is 61.2. The van der Waals surface area contributed by atoms with Crippen LogP contribution in [0.2, 0.25) is 0 Å². The highest BCUT2D eigenvalue weighted by Gasteiger charge is 2.47. The molecule has 3 saturated heterocycles. The van der Waals surface area contributed by atoms with E-state index in [1.807, 2.05) is 41.0 Å². The van der Waals surface area contributed by atoms with Crippen molar-refractivity contribution < 1.29 is 114 Å². The first-order chi connectivity index (χ1) is 55.9. The summed E-state index contributed by atoms with van der Waals surface area (Å²) in [5.41, 5.74) is 3.15. The zero-order chi connectivity index (χ0) is 89.6. The van der Waals surface area contributed by atoms with Crippen molar-refractivity contribution in [2.75, 3.05) is 89.8 Å². The van der Waals surface area contributed by atoms with Gasteiger partial charge in [0.1, 0.15) is 84.8 Å². The molecule has 0 amide bonds. The highest BCUT2D eigenvalue weighted by molar-refractivity contribution is 7.95. The molecule has 0 aliphatic carbocycles. The van der Waals surface area contributed by atoms with Gasteiger partial charge >= 0.3 is 0 Å². The lowest BCUT2D eigenvalue weighted by Crippen LogP contribution is -2.60. The average Bonchev–Trinajstić information content (AvgIpc) is 1.19. The van der Waals surface area contributed by atoms with Gasteiger partial charge in [0.2, 0.25) is 6.29 Å². The fourth-order valence-electron chi connectivity index (χ4n) is 13.1. The number of methoxy groups -OCH3 is 1. The number of nitrogens with one attached hydrogen (secondary N) is 2. The van der Waals surface area contributed by atoms with Gasteiger partial charge in [0.15, 0.2) is 12.1 Å². The van der Waals surface area contributed by atoms with Crippen LogP contribution in [-0.4, -0.2) is 320 Å². The van der Waals surface area contributed by atoms with Crippen LogP contribution < -0.4 is 15.4 Å². The number of aromatic nitrogens is 6. The SMILES string of the molecule is C.C=S(=O)(O)CCNCCN(CCC(C)C)CCS(=O)(=O)O.CC(=O)C1OC(Cn2nncc2CCCCCCC(C)C)C(O)C(O)C1O.CC(=O)CCNCCN(CCC(C)C)CCS(=O)(=O)O.CCC1OC(Oc2ccc(CCCCC(C)C)cc2)C(O)C(O)C1O.COC1OC(Cn2nncc2CCCCCCC(C)C)C(O)C(O)C1O. The Labute approximate surface area is 717 Å². The molecule has 14 N–H and O–H groups in total. The number of carbonyl (C=O) groups excluding carboxylic acids is 2. The number of Topliss-reactive ketones (excluding diaryl/α,β-unsaturated/α-hetero) is 2. The molecule has 5 heterocycles. The van der Waals surface area contributed by atoms with Gasteiger partial charge in [-0.25, -0.2) is 13.6 Å². The van der Waals surface area contributed by atoms with Gasteiger partial charge < -0.3 is 94.6 Å². The summed E-state index contributed by atoms with van der Waals surface area (Å²) >= 11 is 0. The minimum Gasteiger partial charge on any atom is -0.462 e. The van der Waals surface area contributed by atoms with Gasteiger partial charge in [-0.2, -0.15) is 16.8 Å². The van der Waals surface area contributed by atoms with Gasteiger partial charge in [-0.15, -0.1) is 10.2 Å². The van der Waals surface area contributed by atoms with E-state index >= 15 is 0 Å². The maximum Gasteiger partial charge on any atom is 0.266 e. The Kier molecular flexibility index (Phi) is 58.0. The first-order valence-corrected chi connectivity index (χ1v) is 47.9. The molecule has 0 radical (unpaired) electrons. The van der Waals surface area contributed by atoms with Gasteiger partial charge in [0.05, 0.1) is 70.0 Å². The zero-order valence-corrected chi connectivity index (χ0v) is 76.0. The smallest absolute Gasteiger partial charge is 0.266 e. The van der Waals surface area contributed by atoms with Crippen LogP contribution >= 0.6 is 0 Å². The van der Waals surface area contributed by atoms with Crippen LogP contribution in [0.5, 0.6) is 5.75 Å². The first-order valence-electron chi connectivity index (χ1n) is 42.8. The molecule has 0 saturated carbocycles. The van der Waals surface area contributed by atoms with Gasteiger partial charge in [0, 0.05) is 65.9 Å². The van der Waals surface area contributed by atoms with Crippen LogP contribution in [0.25, 0.3) is 0 Å². The van der Waals surface area contributed by atoms with Crippen molar-refractivity contribution in [3.05, 3.63) is 53.6 Å². The van der Waals surface area contributed by atoms with Crippen molar-refractivity contribution in [2.45, 2.75) is 331 Å². The molecule has 3 fully saturated rings. The normalized spacial score (nSPS) is 23.8. The average molecular weight is 1780 g/mol. The summed E-state index contributed by atoms with van der Waals surface area (Å²) in [6.07, 6.45) is 7.67. The molecule has 3 aliphatic rings. The van der Waals surface area contributed by atoms with Gasteiger partial charge in [0.25, 0.3) is 20.2 Å². The van der Waals surface area contributed by atoms with Crippen molar-refractivity contribution in [3.8, 4) is 5.75 Å². The maximum atomic E-state index is 11.6. The predicted octanol–water partition coefficient (Wildman–Crippen LogP) is 5.83. The quantitative estimate of drug-likeness (QED) is 0.0180. The maximum absolute atomic E-state index is 11.6. The van der Waals surface area contributed by atoms with E-state index in [4.69, 9.17) is 37.3 Å². The predicted molar refractivity (Wildman–Crippen MR) is 466 cm³/mol. The number of carbonyl (C=O) groups is 2. The Bertz CT molecular complexity index is 3510. The monoisotopic (exact) mass is 1780 g/mol. The second-order valence-corrected chi connectivity index (χ2v) is 38.9. The van der Waals surface area contributed by atoms with Crippen molar-refractivity contribution in [1.82, 2.24) is 50.4 Å². The molecule has 2 aromatic heterocycles. The molecule has 1 aromatic carbocycles. The largest absolute Gasteiger partial charge is 0.462 e. The lowest BCUT2D eigenvalue weighted by molar-refractivity contribution is -0.292. The highest BCUT2D eigenvalue weighted by atomic mass is 32.2. The van der Waals surface area contributed by atoms with Crippen molar-refractivity contribution in [3.63, 3.8) is 0 Å². The number of ketones is 2. The highest BCUT2D eigenvalue weighted by Crippen LogP contribution is 2.29. The van der Waals surface area contributed by atoms with E-state index < -0.39 is 128 Å². The number of nitrogens with zero attached hydrogens (tertiary/aromatic N) is 8. The number of hydrogen-bond donors (Lipinski definition) is 14. The number of unbranched alkanes of at least 4 members (excludes halogenated alkanes) is 7. The fraction of sp³-hybridized carbons (Fsp3) is 0.843.